The third-order valence-electron chi connectivity index (χ3n) is 2.60. The van der Waals surface area contributed by atoms with Crippen molar-refractivity contribution in [1.82, 2.24) is 4.98 Å². The van der Waals surface area contributed by atoms with E-state index in [1.807, 2.05) is 0 Å². The normalized spacial score (nSPS) is 19.0. The van der Waals surface area contributed by atoms with Crippen LogP contribution in [-0.4, -0.2) is 36.2 Å². The summed E-state index contributed by atoms with van der Waals surface area (Å²) in [4.78, 5) is 14.6. The van der Waals surface area contributed by atoms with Gasteiger partial charge in [-0.1, -0.05) is 0 Å². The summed E-state index contributed by atoms with van der Waals surface area (Å²) in [5, 5.41) is 16.8. The molecular weight excluding hydrogens is 224 g/mol. The molecule has 17 heavy (non-hydrogen) atoms. The standard InChI is InChI=1S/C10H14N4O3/c1-11-9-3-2-8(14(15)16)10(13-9)12-7-4-5-17-6-7/h2-3,7H,4-6H2,1H3,(H2,11,12,13). The van der Waals surface area contributed by atoms with Crippen molar-refractivity contribution in [2.75, 3.05) is 30.9 Å². The van der Waals surface area contributed by atoms with Crippen LogP contribution in [0.3, 0.4) is 0 Å². The average Bonchev–Trinajstić information content (AvgIpc) is 2.81. The summed E-state index contributed by atoms with van der Waals surface area (Å²) in [6, 6.07) is 3.11. The second-order valence-corrected chi connectivity index (χ2v) is 3.78. The topological polar surface area (TPSA) is 89.3 Å². The Morgan fingerprint density at radius 2 is 2.41 bits per heavy atom. The molecule has 1 atom stereocenters. The minimum absolute atomic E-state index is 0.0177. The van der Waals surface area contributed by atoms with E-state index in [0.717, 1.165) is 6.42 Å². The van der Waals surface area contributed by atoms with Gasteiger partial charge in [-0.25, -0.2) is 4.98 Å². The Labute approximate surface area is 98.3 Å². The van der Waals surface area contributed by atoms with Gasteiger partial charge in [0.2, 0.25) is 5.82 Å². The molecule has 2 rings (SSSR count). The van der Waals surface area contributed by atoms with Gasteiger partial charge in [0.05, 0.1) is 17.6 Å². The van der Waals surface area contributed by atoms with Gasteiger partial charge in [-0.15, -0.1) is 0 Å². The van der Waals surface area contributed by atoms with E-state index >= 15 is 0 Å². The van der Waals surface area contributed by atoms with Crippen LogP contribution in [-0.2, 0) is 4.74 Å². The van der Waals surface area contributed by atoms with Gasteiger partial charge < -0.3 is 15.4 Å². The number of nitro groups is 1. The first-order chi connectivity index (χ1) is 8.20. The summed E-state index contributed by atoms with van der Waals surface area (Å²) >= 11 is 0. The highest BCUT2D eigenvalue weighted by Gasteiger charge is 2.21. The number of ether oxygens (including phenoxy) is 1. The van der Waals surface area contributed by atoms with Crippen molar-refractivity contribution in [3.05, 3.63) is 22.2 Å². The lowest BCUT2D eigenvalue weighted by Crippen LogP contribution is -2.20. The zero-order chi connectivity index (χ0) is 12.3. The summed E-state index contributed by atoms with van der Waals surface area (Å²) in [6.45, 7) is 1.24. The molecule has 0 aliphatic carbocycles. The summed E-state index contributed by atoms with van der Waals surface area (Å²) in [7, 11) is 1.72. The molecule has 1 aromatic rings. The second-order valence-electron chi connectivity index (χ2n) is 3.78. The third kappa shape index (κ3) is 2.62. The predicted molar refractivity (Wildman–Crippen MR) is 63.3 cm³/mol. The first kappa shape index (κ1) is 11.6. The second kappa shape index (κ2) is 4.96. The van der Waals surface area contributed by atoms with Gasteiger partial charge in [0.1, 0.15) is 5.82 Å². The van der Waals surface area contributed by atoms with E-state index in [0.29, 0.717) is 19.0 Å². The molecule has 0 spiro atoms. The van der Waals surface area contributed by atoms with E-state index in [1.165, 1.54) is 6.07 Å². The number of nitrogens with zero attached hydrogens (tertiary/aromatic N) is 2. The Bertz CT molecular complexity index is 418. The molecule has 0 saturated carbocycles. The van der Waals surface area contributed by atoms with Crippen molar-refractivity contribution in [3.63, 3.8) is 0 Å². The van der Waals surface area contributed by atoms with Crippen LogP contribution in [0.4, 0.5) is 17.3 Å². The molecule has 1 saturated heterocycles. The molecule has 1 aliphatic heterocycles. The fraction of sp³-hybridized carbons (Fsp3) is 0.500. The Morgan fingerprint density at radius 3 is 3.00 bits per heavy atom. The van der Waals surface area contributed by atoms with E-state index in [-0.39, 0.29) is 17.5 Å². The maximum Gasteiger partial charge on any atom is 0.311 e. The van der Waals surface area contributed by atoms with E-state index in [9.17, 15) is 10.1 Å². The molecule has 0 bridgehead atoms. The van der Waals surface area contributed by atoms with E-state index < -0.39 is 4.92 Å². The molecule has 1 fully saturated rings. The van der Waals surface area contributed by atoms with Gasteiger partial charge in [0, 0.05) is 19.7 Å². The molecule has 7 heteroatoms. The summed E-state index contributed by atoms with van der Waals surface area (Å²) in [6.07, 6.45) is 0.836. The van der Waals surface area contributed by atoms with Crippen LogP contribution in [0.25, 0.3) is 0 Å². The molecule has 0 aromatic carbocycles. The van der Waals surface area contributed by atoms with Gasteiger partial charge in [-0.2, -0.15) is 0 Å². The number of hydrogen-bond donors (Lipinski definition) is 2. The Balaban J connectivity index is 2.24. The highest BCUT2D eigenvalue weighted by Crippen LogP contribution is 2.25. The molecule has 1 aromatic heterocycles. The Hall–Kier alpha value is -1.89. The maximum absolute atomic E-state index is 10.9. The van der Waals surface area contributed by atoms with Crippen LogP contribution in [0.5, 0.6) is 0 Å². The van der Waals surface area contributed by atoms with E-state index in [2.05, 4.69) is 15.6 Å². The predicted octanol–water partition coefficient (Wildman–Crippen LogP) is 1.23. The number of pyridine rings is 1. The number of aromatic nitrogens is 1. The monoisotopic (exact) mass is 238 g/mol. The van der Waals surface area contributed by atoms with Crippen LogP contribution in [0.2, 0.25) is 0 Å². The van der Waals surface area contributed by atoms with E-state index in [1.54, 1.807) is 13.1 Å². The molecule has 0 radical (unpaired) electrons. The van der Waals surface area contributed by atoms with Gasteiger partial charge in [-0.05, 0) is 12.5 Å². The smallest absolute Gasteiger partial charge is 0.311 e. The highest BCUT2D eigenvalue weighted by atomic mass is 16.6. The van der Waals surface area contributed by atoms with Crippen molar-refractivity contribution in [1.29, 1.82) is 0 Å². The fourth-order valence-electron chi connectivity index (χ4n) is 1.69. The summed E-state index contributed by atoms with van der Waals surface area (Å²) in [5.41, 5.74) is -0.0177. The molecule has 92 valence electrons. The number of hydrogen-bond acceptors (Lipinski definition) is 6. The first-order valence-electron chi connectivity index (χ1n) is 5.38. The summed E-state index contributed by atoms with van der Waals surface area (Å²) < 4.78 is 5.21. The zero-order valence-corrected chi connectivity index (χ0v) is 9.47. The van der Waals surface area contributed by atoms with Gasteiger partial charge >= 0.3 is 5.69 Å². The van der Waals surface area contributed by atoms with Crippen molar-refractivity contribution in [2.24, 2.45) is 0 Å². The molecule has 1 unspecified atom stereocenters. The SMILES string of the molecule is CNc1ccc([N+](=O)[O-])c(NC2CCOC2)n1. The molecule has 2 heterocycles. The highest BCUT2D eigenvalue weighted by molar-refractivity contribution is 5.60. The lowest BCUT2D eigenvalue weighted by molar-refractivity contribution is -0.384. The van der Waals surface area contributed by atoms with Crippen molar-refractivity contribution in [2.45, 2.75) is 12.5 Å². The molecule has 1 aliphatic rings. The molecule has 7 nitrogen and oxygen atoms in total. The van der Waals surface area contributed by atoms with Crippen LogP contribution >= 0.6 is 0 Å². The van der Waals surface area contributed by atoms with Crippen molar-refractivity contribution >= 4 is 17.3 Å². The number of anilines is 2. The van der Waals surface area contributed by atoms with Crippen molar-refractivity contribution < 1.29 is 9.66 Å². The zero-order valence-electron chi connectivity index (χ0n) is 9.47. The number of rotatable bonds is 4. The average molecular weight is 238 g/mol. The van der Waals surface area contributed by atoms with Crippen LogP contribution < -0.4 is 10.6 Å². The van der Waals surface area contributed by atoms with Crippen LogP contribution in [0, 0.1) is 10.1 Å². The fourth-order valence-corrected chi connectivity index (χ4v) is 1.69. The third-order valence-corrected chi connectivity index (χ3v) is 2.60. The molecular formula is C10H14N4O3. The minimum atomic E-state index is -0.440. The van der Waals surface area contributed by atoms with E-state index in [4.69, 9.17) is 4.74 Å². The van der Waals surface area contributed by atoms with Crippen LogP contribution in [0.15, 0.2) is 12.1 Å². The lowest BCUT2D eigenvalue weighted by Gasteiger charge is -2.12. The Kier molecular flexibility index (Phi) is 3.38. The number of nitrogens with one attached hydrogen (secondary N) is 2. The van der Waals surface area contributed by atoms with Gasteiger partial charge in [-0.3, -0.25) is 10.1 Å². The van der Waals surface area contributed by atoms with Crippen LogP contribution in [0.1, 0.15) is 6.42 Å². The quantitative estimate of drug-likeness (QED) is 0.605. The lowest BCUT2D eigenvalue weighted by atomic mass is 10.2. The largest absolute Gasteiger partial charge is 0.379 e. The maximum atomic E-state index is 10.9. The molecule has 2 N–H and O–H groups in total. The minimum Gasteiger partial charge on any atom is -0.379 e. The first-order valence-corrected chi connectivity index (χ1v) is 5.38. The van der Waals surface area contributed by atoms with Crippen molar-refractivity contribution in [3.8, 4) is 0 Å². The molecule has 0 amide bonds. The van der Waals surface area contributed by atoms with Gasteiger partial charge in [0.25, 0.3) is 0 Å². The Morgan fingerprint density at radius 1 is 1.59 bits per heavy atom. The summed E-state index contributed by atoms with van der Waals surface area (Å²) in [5.74, 6) is 0.884. The van der Waals surface area contributed by atoms with Gasteiger partial charge in [0.15, 0.2) is 0 Å².